The molecular formula is C34H35Cl2FN4O6. The van der Waals surface area contributed by atoms with Crippen LogP contribution in [0.4, 0.5) is 10.1 Å². The molecule has 2 aliphatic heterocycles. The molecular weight excluding hydrogens is 650 g/mol. The molecule has 3 N–H and O–H groups in total. The maximum absolute atomic E-state index is 15.7. The van der Waals surface area contributed by atoms with E-state index in [1.54, 1.807) is 50.2 Å². The quantitative estimate of drug-likeness (QED) is 0.233. The Morgan fingerprint density at radius 3 is 2.47 bits per heavy atom. The molecule has 47 heavy (non-hydrogen) atoms. The van der Waals surface area contributed by atoms with E-state index in [1.807, 2.05) is 4.90 Å². The van der Waals surface area contributed by atoms with Gasteiger partial charge in [0.25, 0.3) is 5.91 Å². The number of fused-ring (bicyclic) bond motifs is 1. The van der Waals surface area contributed by atoms with Crippen molar-refractivity contribution in [3.63, 3.8) is 0 Å². The molecule has 0 spiro atoms. The number of nitrogens with zero attached hydrogens (tertiary/aromatic N) is 3. The van der Waals surface area contributed by atoms with Crippen LogP contribution < -0.4 is 15.4 Å². The van der Waals surface area contributed by atoms with Crippen molar-refractivity contribution in [3.8, 4) is 16.9 Å². The van der Waals surface area contributed by atoms with Crippen LogP contribution in [0.25, 0.3) is 16.7 Å². The first-order valence-electron chi connectivity index (χ1n) is 14.8. The maximum atomic E-state index is 15.7. The number of morpholine rings is 1. The van der Waals surface area contributed by atoms with E-state index in [4.69, 9.17) is 43.1 Å². The van der Waals surface area contributed by atoms with E-state index in [9.17, 15) is 14.7 Å². The molecule has 3 aromatic carbocycles. The van der Waals surface area contributed by atoms with Gasteiger partial charge in [-0.1, -0.05) is 41.4 Å². The lowest BCUT2D eigenvalue weighted by molar-refractivity contribution is 0.0515. The molecule has 3 aromatic rings. The van der Waals surface area contributed by atoms with E-state index in [2.05, 4.69) is 4.99 Å². The number of anilines is 1. The first-order chi connectivity index (χ1) is 22.5. The number of hydrogen-bond acceptors (Lipinski definition) is 9. The minimum atomic E-state index is -0.717. The van der Waals surface area contributed by atoms with E-state index in [1.165, 1.54) is 30.5 Å². The first kappa shape index (κ1) is 34.2. The molecule has 5 rings (SSSR count). The zero-order valence-electron chi connectivity index (χ0n) is 26.2. The van der Waals surface area contributed by atoms with Crippen LogP contribution in [-0.4, -0.2) is 80.4 Å². The van der Waals surface area contributed by atoms with Crippen molar-refractivity contribution in [1.82, 2.24) is 4.90 Å². The molecule has 0 aromatic heterocycles. The van der Waals surface area contributed by atoms with Gasteiger partial charge in [0, 0.05) is 47.8 Å². The van der Waals surface area contributed by atoms with Crippen molar-refractivity contribution < 1.29 is 33.3 Å². The highest BCUT2D eigenvalue weighted by molar-refractivity contribution is 6.40. The van der Waals surface area contributed by atoms with Crippen molar-refractivity contribution in [1.29, 1.82) is 0 Å². The summed E-state index contributed by atoms with van der Waals surface area (Å²) in [6.07, 6.45) is 2.85. The average Bonchev–Trinajstić information content (AvgIpc) is 3.07. The summed E-state index contributed by atoms with van der Waals surface area (Å²) in [5.74, 6) is -1.30. The Kier molecular flexibility index (Phi) is 10.4. The number of halogens is 3. The fraction of sp³-hybridized carbons (Fsp3) is 0.324. The lowest BCUT2D eigenvalue weighted by Gasteiger charge is -2.32. The summed E-state index contributed by atoms with van der Waals surface area (Å²) in [5.41, 5.74) is 8.25. The van der Waals surface area contributed by atoms with Gasteiger partial charge in [0.15, 0.2) is 6.73 Å². The van der Waals surface area contributed by atoms with Crippen LogP contribution >= 0.6 is 23.2 Å². The second-order valence-electron chi connectivity index (χ2n) is 11.7. The summed E-state index contributed by atoms with van der Waals surface area (Å²) >= 11 is 13.2. The van der Waals surface area contributed by atoms with Gasteiger partial charge in [-0.3, -0.25) is 9.79 Å². The molecule has 0 radical (unpaired) electrons. The lowest BCUT2D eigenvalue weighted by Crippen LogP contribution is -2.37. The number of para-hydroxylation sites is 1. The normalized spacial score (nSPS) is 15.4. The summed E-state index contributed by atoms with van der Waals surface area (Å²) in [5, 5.41) is 9.72. The standard InChI is InChI=1S/C34H35Cl2FN4O6/c1-34(2,18-42)39-16-22(15-38)21-11-26(35)30(27(36)12-21)32(43)41-17-20-5-4-6-23(31(20)47-19-41)24-14-29(40-7-9-46-10-8-40)25(13-28(24)37)33(44)45-3/h4-6,11-16,42H,7-10,17-19,38H2,1-3H3. The van der Waals surface area contributed by atoms with Crippen LogP contribution in [0.1, 0.15) is 45.7 Å². The van der Waals surface area contributed by atoms with Gasteiger partial charge in [-0.15, -0.1) is 0 Å². The number of allylic oxidation sites excluding steroid dienone is 1. The largest absolute Gasteiger partial charge is 0.472 e. The molecule has 13 heteroatoms. The number of aliphatic imine (C=N–C) groups is 1. The number of aliphatic hydroxyl groups is 1. The number of amides is 1. The molecule has 0 unspecified atom stereocenters. The van der Waals surface area contributed by atoms with Gasteiger partial charge < -0.3 is 34.9 Å². The number of nitrogens with two attached hydrogens (primary N) is 1. The molecule has 0 aliphatic carbocycles. The summed E-state index contributed by atoms with van der Waals surface area (Å²) in [6.45, 7) is 5.37. The molecule has 0 bridgehead atoms. The van der Waals surface area contributed by atoms with E-state index in [-0.39, 0.29) is 46.6 Å². The van der Waals surface area contributed by atoms with E-state index < -0.39 is 23.2 Å². The van der Waals surface area contributed by atoms with Gasteiger partial charge in [-0.2, -0.15) is 0 Å². The monoisotopic (exact) mass is 684 g/mol. The van der Waals surface area contributed by atoms with Crippen LogP contribution in [0.2, 0.25) is 10.0 Å². The fourth-order valence-corrected chi connectivity index (χ4v) is 5.97. The van der Waals surface area contributed by atoms with Gasteiger partial charge in [0.2, 0.25) is 0 Å². The van der Waals surface area contributed by atoms with E-state index in [0.29, 0.717) is 60.0 Å². The number of carbonyl (C=O) groups is 2. The number of ether oxygens (including phenoxy) is 3. The summed E-state index contributed by atoms with van der Waals surface area (Å²) in [6, 6.07) is 11.2. The van der Waals surface area contributed by atoms with E-state index in [0.717, 1.165) is 0 Å². The average molecular weight is 686 g/mol. The van der Waals surface area contributed by atoms with Crippen LogP contribution in [0.15, 0.2) is 53.7 Å². The second-order valence-corrected chi connectivity index (χ2v) is 12.5. The van der Waals surface area contributed by atoms with Gasteiger partial charge in [-0.25, -0.2) is 9.18 Å². The SMILES string of the molecule is COC(=O)c1cc(F)c(-c2cccc3c2OCN(C(=O)c2c(Cl)cc(C(C=NC(C)(C)CO)=CN)cc2Cl)C3)cc1N1CCOCC1. The number of rotatable bonds is 8. The number of hydrogen-bond donors (Lipinski definition) is 2. The number of methoxy groups -OCH3 is 1. The van der Waals surface area contributed by atoms with Crippen LogP contribution in [0.3, 0.4) is 0 Å². The Hall–Kier alpha value is -4.16. The lowest BCUT2D eigenvalue weighted by atomic mass is 9.97. The Morgan fingerprint density at radius 2 is 1.83 bits per heavy atom. The molecule has 1 amide bonds. The highest BCUT2D eigenvalue weighted by atomic mass is 35.5. The minimum absolute atomic E-state index is 0.0869. The number of benzene rings is 3. The fourth-order valence-electron chi connectivity index (χ4n) is 5.32. The van der Waals surface area contributed by atoms with E-state index >= 15 is 4.39 Å². The zero-order chi connectivity index (χ0) is 33.9. The number of esters is 1. The third kappa shape index (κ3) is 7.23. The van der Waals surface area contributed by atoms with Crippen molar-refractivity contribution in [2.24, 2.45) is 10.7 Å². The van der Waals surface area contributed by atoms with Gasteiger partial charge in [-0.05, 0) is 43.7 Å². The predicted octanol–water partition coefficient (Wildman–Crippen LogP) is 5.56. The molecule has 248 valence electrons. The molecule has 0 saturated carbocycles. The molecule has 2 aliphatic rings. The highest BCUT2D eigenvalue weighted by Crippen LogP contribution is 2.41. The maximum Gasteiger partial charge on any atom is 0.340 e. The molecule has 1 fully saturated rings. The van der Waals surface area contributed by atoms with Crippen LogP contribution in [0.5, 0.6) is 5.75 Å². The Morgan fingerprint density at radius 1 is 1.13 bits per heavy atom. The molecule has 2 heterocycles. The predicted molar refractivity (Wildman–Crippen MR) is 180 cm³/mol. The third-order valence-electron chi connectivity index (χ3n) is 7.95. The van der Waals surface area contributed by atoms with Gasteiger partial charge in [0.05, 0.1) is 65.9 Å². The molecule has 1 saturated heterocycles. The number of aliphatic hydroxyl groups excluding tert-OH is 1. The van der Waals surface area contributed by atoms with Gasteiger partial charge >= 0.3 is 5.97 Å². The Balaban J connectivity index is 1.44. The van der Waals surface area contributed by atoms with Crippen LogP contribution in [0, 0.1) is 5.82 Å². The third-order valence-corrected chi connectivity index (χ3v) is 8.55. The second kappa shape index (κ2) is 14.3. The van der Waals surface area contributed by atoms with Crippen molar-refractivity contribution >= 4 is 52.6 Å². The van der Waals surface area contributed by atoms with Crippen molar-refractivity contribution in [3.05, 3.63) is 86.8 Å². The summed E-state index contributed by atoms with van der Waals surface area (Å²) < 4.78 is 32.2. The summed E-state index contributed by atoms with van der Waals surface area (Å²) in [4.78, 5) is 34.1. The molecule has 10 nitrogen and oxygen atoms in total. The first-order valence-corrected chi connectivity index (χ1v) is 15.6. The highest BCUT2D eigenvalue weighted by Gasteiger charge is 2.30. The zero-order valence-corrected chi connectivity index (χ0v) is 27.7. The smallest absolute Gasteiger partial charge is 0.340 e. The van der Waals surface area contributed by atoms with Crippen molar-refractivity contribution in [2.45, 2.75) is 25.9 Å². The topological polar surface area (TPSA) is 127 Å². The van der Waals surface area contributed by atoms with Gasteiger partial charge in [0.1, 0.15) is 11.6 Å². The molecule has 0 atom stereocenters. The minimum Gasteiger partial charge on any atom is -0.472 e. The summed E-state index contributed by atoms with van der Waals surface area (Å²) in [7, 11) is 1.26. The van der Waals surface area contributed by atoms with Crippen LogP contribution in [-0.2, 0) is 16.0 Å². The van der Waals surface area contributed by atoms with Crippen molar-refractivity contribution in [2.75, 3.05) is 51.7 Å². The Bertz CT molecular complexity index is 1730. The Labute approximate surface area is 282 Å². The number of carbonyl (C=O) groups excluding carboxylic acids is 2.